The summed E-state index contributed by atoms with van der Waals surface area (Å²) in [4.78, 5) is 20.9. The smallest absolute Gasteiger partial charge is 0.225 e. The number of aryl methyl sites for hydroxylation is 1. The van der Waals surface area contributed by atoms with Gasteiger partial charge in [-0.05, 0) is 24.6 Å². The van der Waals surface area contributed by atoms with E-state index >= 15 is 0 Å². The maximum atomic E-state index is 10.6. The van der Waals surface area contributed by atoms with E-state index < -0.39 is 0 Å². The molecule has 0 aliphatic heterocycles. The van der Waals surface area contributed by atoms with Crippen molar-refractivity contribution in [2.75, 3.05) is 11.9 Å². The number of hydrogen-bond donors (Lipinski definition) is 2. The van der Waals surface area contributed by atoms with Crippen molar-refractivity contribution < 1.29 is 4.79 Å². The molecule has 0 atom stereocenters. The van der Waals surface area contributed by atoms with Crippen molar-refractivity contribution in [3.63, 3.8) is 0 Å². The van der Waals surface area contributed by atoms with E-state index in [0.29, 0.717) is 12.4 Å². The average Bonchev–Trinajstić information content (AvgIpc) is 2.57. The molecule has 3 N–H and O–H groups in total. The molecule has 0 aliphatic rings. The number of halogens is 1. The number of rotatable bonds is 4. The largest absolute Gasteiger partial charge is 0.370 e. The fourth-order valence-electron chi connectivity index (χ4n) is 1.45. The SMILES string of the molecule is Cc1cc2c(NCCC(N)=O)nc(Cl)nc2s1. The second kappa shape index (κ2) is 4.85. The summed E-state index contributed by atoms with van der Waals surface area (Å²) in [5.41, 5.74) is 5.07. The van der Waals surface area contributed by atoms with Crippen LogP contribution in [0.2, 0.25) is 5.28 Å². The zero-order valence-corrected chi connectivity index (χ0v) is 10.7. The molecule has 0 saturated carbocycles. The first-order valence-electron chi connectivity index (χ1n) is 5.02. The van der Waals surface area contributed by atoms with Crippen LogP contribution in [0, 0.1) is 6.92 Å². The quantitative estimate of drug-likeness (QED) is 0.832. The molecule has 5 nitrogen and oxygen atoms in total. The number of amides is 1. The van der Waals surface area contributed by atoms with Crippen molar-refractivity contribution in [2.24, 2.45) is 5.73 Å². The number of thiophene rings is 1. The molecule has 90 valence electrons. The summed E-state index contributed by atoms with van der Waals surface area (Å²) >= 11 is 7.38. The normalized spacial score (nSPS) is 10.7. The van der Waals surface area contributed by atoms with Crippen LogP contribution >= 0.6 is 22.9 Å². The maximum absolute atomic E-state index is 10.6. The lowest BCUT2D eigenvalue weighted by Crippen LogP contribution is -2.16. The van der Waals surface area contributed by atoms with E-state index in [2.05, 4.69) is 15.3 Å². The molecule has 7 heteroatoms. The summed E-state index contributed by atoms with van der Waals surface area (Å²) < 4.78 is 0. The summed E-state index contributed by atoms with van der Waals surface area (Å²) in [5.74, 6) is 0.293. The summed E-state index contributed by atoms with van der Waals surface area (Å²) in [5, 5.41) is 4.16. The van der Waals surface area contributed by atoms with Crippen LogP contribution in [0.5, 0.6) is 0 Å². The molecule has 0 bridgehead atoms. The first-order valence-corrected chi connectivity index (χ1v) is 6.21. The number of primary amides is 1. The number of anilines is 1. The van der Waals surface area contributed by atoms with Crippen molar-refractivity contribution >= 4 is 44.9 Å². The molecule has 2 rings (SSSR count). The van der Waals surface area contributed by atoms with Crippen molar-refractivity contribution in [1.82, 2.24) is 9.97 Å². The van der Waals surface area contributed by atoms with Gasteiger partial charge in [-0.3, -0.25) is 4.79 Å². The highest BCUT2D eigenvalue weighted by molar-refractivity contribution is 7.18. The Morgan fingerprint density at radius 2 is 2.35 bits per heavy atom. The molecular formula is C10H11ClN4OS. The Hall–Kier alpha value is -1.40. The topological polar surface area (TPSA) is 80.9 Å². The van der Waals surface area contributed by atoms with Crippen molar-refractivity contribution in [3.8, 4) is 0 Å². The molecule has 0 fully saturated rings. The molecule has 17 heavy (non-hydrogen) atoms. The van der Waals surface area contributed by atoms with Crippen LogP contribution in [0.3, 0.4) is 0 Å². The Morgan fingerprint density at radius 1 is 1.59 bits per heavy atom. The van der Waals surface area contributed by atoms with E-state index in [1.807, 2.05) is 13.0 Å². The van der Waals surface area contributed by atoms with Gasteiger partial charge < -0.3 is 11.1 Å². The van der Waals surface area contributed by atoms with Gasteiger partial charge in [-0.1, -0.05) is 0 Å². The van der Waals surface area contributed by atoms with Gasteiger partial charge in [-0.2, -0.15) is 0 Å². The number of nitrogens with two attached hydrogens (primary N) is 1. The molecule has 0 unspecified atom stereocenters. The molecule has 2 heterocycles. The Bertz CT molecular complexity index is 569. The van der Waals surface area contributed by atoms with E-state index in [1.165, 1.54) is 0 Å². The number of hydrogen-bond acceptors (Lipinski definition) is 5. The van der Waals surface area contributed by atoms with Gasteiger partial charge in [0.2, 0.25) is 11.2 Å². The summed E-state index contributed by atoms with van der Waals surface area (Å²) in [6.07, 6.45) is 0.256. The van der Waals surface area contributed by atoms with Gasteiger partial charge in [0, 0.05) is 17.8 Å². The lowest BCUT2D eigenvalue weighted by Gasteiger charge is -2.05. The summed E-state index contributed by atoms with van der Waals surface area (Å²) in [6, 6.07) is 1.99. The number of aromatic nitrogens is 2. The van der Waals surface area contributed by atoms with Crippen molar-refractivity contribution in [3.05, 3.63) is 16.2 Å². The van der Waals surface area contributed by atoms with Crippen LogP contribution < -0.4 is 11.1 Å². The molecule has 0 aliphatic carbocycles. The highest BCUT2D eigenvalue weighted by atomic mass is 35.5. The Kier molecular flexibility index (Phi) is 3.44. The molecule has 2 aromatic heterocycles. The number of nitrogens with zero attached hydrogens (tertiary/aromatic N) is 2. The van der Waals surface area contributed by atoms with Crippen LogP contribution in [0.4, 0.5) is 5.82 Å². The van der Waals surface area contributed by atoms with Gasteiger partial charge in [0.1, 0.15) is 10.6 Å². The molecule has 1 amide bonds. The van der Waals surface area contributed by atoms with Gasteiger partial charge >= 0.3 is 0 Å². The first kappa shape index (κ1) is 12.1. The zero-order chi connectivity index (χ0) is 12.4. The van der Waals surface area contributed by atoms with Crippen molar-refractivity contribution in [1.29, 1.82) is 0 Å². The first-order chi connectivity index (χ1) is 8.06. The molecule has 0 radical (unpaired) electrons. The van der Waals surface area contributed by atoms with Crippen LogP contribution in [-0.2, 0) is 4.79 Å². The average molecular weight is 271 g/mol. The molecule has 0 saturated heterocycles. The lowest BCUT2D eigenvalue weighted by molar-refractivity contribution is -0.117. The van der Waals surface area contributed by atoms with E-state index in [0.717, 1.165) is 15.1 Å². The van der Waals surface area contributed by atoms with Gasteiger partial charge in [0.15, 0.2) is 0 Å². The third-order valence-corrected chi connectivity index (χ3v) is 3.27. The molecule has 2 aromatic rings. The second-order valence-electron chi connectivity index (χ2n) is 3.56. The molecule has 0 aromatic carbocycles. The van der Waals surface area contributed by atoms with Crippen molar-refractivity contribution in [2.45, 2.75) is 13.3 Å². The van der Waals surface area contributed by atoms with E-state index in [9.17, 15) is 4.79 Å². The van der Waals surface area contributed by atoms with Crippen LogP contribution in [0.15, 0.2) is 6.07 Å². The van der Waals surface area contributed by atoms with Gasteiger partial charge in [0.25, 0.3) is 0 Å². The van der Waals surface area contributed by atoms with Crippen LogP contribution in [0.25, 0.3) is 10.2 Å². The number of fused-ring (bicyclic) bond motifs is 1. The Balaban J connectivity index is 2.28. The van der Waals surface area contributed by atoms with E-state index in [1.54, 1.807) is 11.3 Å². The highest BCUT2D eigenvalue weighted by Gasteiger charge is 2.09. The number of nitrogens with one attached hydrogen (secondary N) is 1. The third-order valence-electron chi connectivity index (χ3n) is 2.15. The van der Waals surface area contributed by atoms with Gasteiger partial charge in [-0.15, -0.1) is 11.3 Å². The Morgan fingerprint density at radius 3 is 3.06 bits per heavy atom. The maximum Gasteiger partial charge on any atom is 0.225 e. The van der Waals surface area contributed by atoms with E-state index in [4.69, 9.17) is 17.3 Å². The predicted molar refractivity (Wildman–Crippen MR) is 69.5 cm³/mol. The summed E-state index contributed by atoms with van der Waals surface area (Å²) in [7, 11) is 0. The minimum absolute atomic E-state index is 0.195. The number of carbonyl (C=O) groups is 1. The van der Waals surface area contributed by atoms with E-state index in [-0.39, 0.29) is 17.6 Å². The molecule has 0 spiro atoms. The molecular weight excluding hydrogens is 260 g/mol. The fraction of sp³-hybridized carbons (Fsp3) is 0.300. The second-order valence-corrected chi connectivity index (χ2v) is 5.13. The minimum atomic E-state index is -0.351. The van der Waals surface area contributed by atoms with Gasteiger partial charge in [-0.25, -0.2) is 9.97 Å². The fourth-order valence-corrected chi connectivity index (χ4v) is 2.55. The standard InChI is InChI=1S/C10H11ClN4OS/c1-5-4-6-8(13-3-2-7(12)16)14-10(11)15-9(6)17-5/h4H,2-3H2,1H3,(H2,12,16)(H,13,14,15). The summed E-state index contributed by atoms with van der Waals surface area (Å²) in [6.45, 7) is 2.43. The minimum Gasteiger partial charge on any atom is -0.370 e. The number of carbonyl (C=O) groups excluding carboxylic acids is 1. The highest BCUT2D eigenvalue weighted by Crippen LogP contribution is 2.29. The predicted octanol–water partition coefficient (Wildman–Crippen LogP) is 1.94. The Labute approximate surface area is 107 Å². The third kappa shape index (κ3) is 2.83. The van der Waals surface area contributed by atoms with Gasteiger partial charge in [0.05, 0.1) is 5.39 Å². The monoisotopic (exact) mass is 270 g/mol. The zero-order valence-electron chi connectivity index (χ0n) is 9.16. The lowest BCUT2D eigenvalue weighted by atomic mass is 10.3. The van der Waals surface area contributed by atoms with Crippen LogP contribution in [0.1, 0.15) is 11.3 Å². The van der Waals surface area contributed by atoms with Crippen LogP contribution in [-0.4, -0.2) is 22.4 Å².